The fourth-order valence-corrected chi connectivity index (χ4v) is 3.70. The van der Waals surface area contributed by atoms with Crippen molar-refractivity contribution in [2.24, 2.45) is 0 Å². The van der Waals surface area contributed by atoms with Crippen LogP contribution >= 0.6 is 0 Å². The maximum atomic E-state index is 12.9. The Kier molecular flexibility index (Phi) is 4.76. The van der Waals surface area contributed by atoms with Gasteiger partial charge in [0.25, 0.3) is 5.91 Å². The number of carbonyl (C=O) groups is 1. The van der Waals surface area contributed by atoms with Crippen LogP contribution in [0.3, 0.4) is 0 Å². The summed E-state index contributed by atoms with van der Waals surface area (Å²) in [4.78, 5) is 18.1. The number of amides is 1. The fraction of sp³-hybridized carbons (Fsp3) is 0.217. The second-order valence-electron chi connectivity index (χ2n) is 6.85. The van der Waals surface area contributed by atoms with E-state index in [0.717, 1.165) is 60.1 Å². The van der Waals surface area contributed by atoms with Gasteiger partial charge in [-0.2, -0.15) is 5.26 Å². The number of nitriles is 1. The first-order valence-corrected chi connectivity index (χ1v) is 9.35. The average molecular weight is 355 g/mol. The van der Waals surface area contributed by atoms with Gasteiger partial charge in [0, 0.05) is 29.6 Å². The summed E-state index contributed by atoms with van der Waals surface area (Å²) < 4.78 is 0. The Morgan fingerprint density at radius 3 is 2.44 bits per heavy atom. The number of fused-ring (bicyclic) bond motifs is 1. The molecule has 0 saturated carbocycles. The van der Waals surface area contributed by atoms with Crippen LogP contribution in [0.2, 0.25) is 0 Å². The van der Waals surface area contributed by atoms with Crippen LogP contribution in [0.5, 0.6) is 0 Å². The van der Waals surface area contributed by atoms with Crippen molar-refractivity contribution in [3.8, 4) is 17.3 Å². The van der Waals surface area contributed by atoms with Gasteiger partial charge in [0.05, 0.1) is 5.69 Å². The first-order valence-electron chi connectivity index (χ1n) is 9.35. The standard InChI is InChI=1S/C23H21N3O/c24-16-18(23(27)26-13-7-2-8-14-26)15-20-19-11-5-6-12-21(19)25-22(20)17-9-3-1-4-10-17/h1,3-6,9-12,15,25H,2,7-8,13-14H2/b18-15+. The lowest BCUT2D eigenvalue weighted by molar-refractivity contribution is -0.127. The van der Waals surface area contributed by atoms with Gasteiger partial charge in [-0.25, -0.2) is 0 Å². The number of H-pyrrole nitrogens is 1. The zero-order valence-corrected chi connectivity index (χ0v) is 15.1. The quantitative estimate of drug-likeness (QED) is 0.544. The largest absolute Gasteiger partial charge is 0.354 e. The van der Waals surface area contributed by atoms with Crippen molar-refractivity contribution in [1.29, 1.82) is 5.26 Å². The summed E-state index contributed by atoms with van der Waals surface area (Å²) in [6, 6.07) is 20.1. The number of hydrogen-bond donors (Lipinski definition) is 1. The van der Waals surface area contributed by atoms with Gasteiger partial charge >= 0.3 is 0 Å². The number of nitrogens with one attached hydrogen (secondary N) is 1. The molecule has 1 fully saturated rings. The number of nitrogens with zero attached hydrogens (tertiary/aromatic N) is 2. The Bertz CT molecular complexity index is 1030. The molecule has 0 bridgehead atoms. The van der Waals surface area contributed by atoms with Crippen molar-refractivity contribution in [3.05, 3.63) is 65.7 Å². The van der Waals surface area contributed by atoms with Crippen molar-refractivity contribution in [3.63, 3.8) is 0 Å². The third-order valence-electron chi connectivity index (χ3n) is 5.09. The SMILES string of the molecule is N#C/C(=C\c1c(-c2ccccc2)[nH]c2ccccc12)C(=O)N1CCCCC1. The van der Waals surface area contributed by atoms with E-state index in [1.165, 1.54) is 0 Å². The molecule has 2 heterocycles. The summed E-state index contributed by atoms with van der Waals surface area (Å²) in [6.45, 7) is 1.47. The van der Waals surface area contributed by atoms with Gasteiger partial charge < -0.3 is 9.88 Å². The molecule has 1 amide bonds. The van der Waals surface area contributed by atoms with Gasteiger partial charge in [0.2, 0.25) is 0 Å². The van der Waals surface area contributed by atoms with Gasteiger partial charge in [0.1, 0.15) is 11.6 Å². The number of likely N-dealkylation sites (tertiary alicyclic amines) is 1. The maximum Gasteiger partial charge on any atom is 0.264 e. The Labute approximate surface area is 158 Å². The summed E-state index contributed by atoms with van der Waals surface area (Å²) in [6.07, 6.45) is 4.91. The van der Waals surface area contributed by atoms with Crippen LogP contribution in [0.4, 0.5) is 0 Å². The van der Waals surface area contributed by atoms with E-state index in [2.05, 4.69) is 11.1 Å². The second kappa shape index (κ2) is 7.51. The highest BCUT2D eigenvalue weighted by atomic mass is 16.2. The van der Waals surface area contributed by atoms with E-state index in [1.807, 2.05) is 54.6 Å². The zero-order chi connectivity index (χ0) is 18.6. The minimum absolute atomic E-state index is 0.165. The molecule has 2 aromatic carbocycles. The van der Waals surface area contributed by atoms with Gasteiger partial charge in [-0.15, -0.1) is 0 Å². The number of hydrogen-bond acceptors (Lipinski definition) is 2. The number of benzene rings is 2. The lowest BCUT2D eigenvalue weighted by Gasteiger charge is -2.26. The number of para-hydroxylation sites is 1. The number of aromatic nitrogens is 1. The van der Waals surface area contributed by atoms with E-state index in [9.17, 15) is 10.1 Å². The molecule has 1 N–H and O–H groups in total. The first kappa shape index (κ1) is 17.1. The number of aromatic amines is 1. The molecule has 0 unspecified atom stereocenters. The van der Waals surface area contributed by atoms with Crippen molar-refractivity contribution in [2.75, 3.05) is 13.1 Å². The molecular weight excluding hydrogens is 334 g/mol. The average Bonchev–Trinajstić information content (AvgIpc) is 3.11. The van der Waals surface area contributed by atoms with Gasteiger partial charge in [-0.1, -0.05) is 48.5 Å². The van der Waals surface area contributed by atoms with Crippen LogP contribution < -0.4 is 0 Å². The molecular formula is C23H21N3O. The van der Waals surface area contributed by atoms with Crippen molar-refractivity contribution in [1.82, 2.24) is 9.88 Å². The highest BCUT2D eigenvalue weighted by Crippen LogP contribution is 2.32. The highest BCUT2D eigenvalue weighted by Gasteiger charge is 2.21. The maximum absolute atomic E-state index is 12.9. The predicted molar refractivity (Wildman–Crippen MR) is 108 cm³/mol. The summed E-state index contributed by atoms with van der Waals surface area (Å²) in [5.41, 5.74) is 4.03. The first-order chi connectivity index (χ1) is 13.3. The van der Waals surface area contributed by atoms with E-state index >= 15 is 0 Å². The minimum Gasteiger partial charge on any atom is -0.354 e. The topological polar surface area (TPSA) is 59.9 Å². The van der Waals surface area contributed by atoms with E-state index in [-0.39, 0.29) is 11.5 Å². The molecule has 134 valence electrons. The lowest BCUT2D eigenvalue weighted by atomic mass is 10.0. The smallest absolute Gasteiger partial charge is 0.264 e. The molecule has 1 aliphatic rings. The normalized spacial score (nSPS) is 14.9. The highest BCUT2D eigenvalue weighted by molar-refractivity contribution is 6.06. The molecule has 27 heavy (non-hydrogen) atoms. The van der Waals surface area contributed by atoms with Gasteiger partial charge in [-0.3, -0.25) is 4.79 Å². The van der Waals surface area contributed by atoms with Crippen LogP contribution in [-0.4, -0.2) is 28.9 Å². The van der Waals surface area contributed by atoms with E-state index < -0.39 is 0 Å². The van der Waals surface area contributed by atoms with Crippen molar-refractivity contribution >= 4 is 22.9 Å². The summed E-state index contributed by atoms with van der Waals surface area (Å²) in [7, 11) is 0. The Morgan fingerprint density at radius 2 is 1.70 bits per heavy atom. The number of carbonyl (C=O) groups excluding carboxylic acids is 1. The van der Waals surface area contributed by atoms with Crippen LogP contribution in [0.15, 0.2) is 60.2 Å². The molecule has 0 radical (unpaired) electrons. The van der Waals surface area contributed by atoms with Crippen LogP contribution in [0, 0.1) is 11.3 Å². The third kappa shape index (κ3) is 3.37. The van der Waals surface area contributed by atoms with E-state index in [1.54, 1.807) is 11.0 Å². The van der Waals surface area contributed by atoms with Crippen molar-refractivity contribution < 1.29 is 4.79 Å². The molecule has 4 rings (SSSR count). The van der Waals surface area contributed by atoms with Crippen molar-refractivity contribution in [2.45, 2.75) is 19.3 Å². The molecule has 3 aromatic rings. The van der Waals surface area contributed by atoms with E-state index in [0.29, 0.717) is 0 Å². The van der Waals surface area contributed by atoms with Gasteiger partial charge in [0.15, 0.2) is 0 Å². The number of rotatable bonds is 3. The minimum atomic E-state index is -0.165. The van der Waals surface area contributed by atoms with Crippen LogP contribution in [0.25, 0.3) is 28.2 Å². The molecule has 0 aliphatic carbocycles. The molecule has 1 aliphatic heterocycles. The third-order valence-corrected chi connectivity index (χ3v) is 5.09. The summed E-state index contributed by atoms with van der Waals surface area (Å²) in [5.74, 6) is -0.165. The van der Waals surface area contributed by atoms with Crippen LogP contribution in [-0.2, 0) is 4.79 Å². The van der Waals surface area contributed by atoms with Crippen LogP contribution in [0.1, 0.15) is 24.8 Å². The monoisotopic (exact) mass is 355 g/mol. The summed E-state index contributed by atoms with van der Waals surface area (Å²) in [5, 5.41) is 10.7. The number of piperidine rings is 1. The second-order valence-corrected chi connectivity index (χ2v) is 6.85. The molecule has 0 atom stereocenters. The molecule has 0 spiro atoms. The Morgan fingerprint density at radius 1 is 1.00 bits per heavy atom. The lowest BCUT2D eigenvalue weighted by Crippen LogP contribution is -2.36. The zero-order valence-electron chi connectivity index (χ0n) is 15.1. The molecule has 4 heteroatoms. The Balaban J connectivity index is 1.83. The summed E-state index contributed by atoms with van der Waals surface area (Å²) >= 11 is 0. The molecule has 1 saturated heterocycles. The molecule has 1 aromatic heterocycles. The van der Waals surface area contributed by atoms with Gasteiger partial charge in [-0.05, 0) is 37.0 Å². The predicted octanol–water partition coefficient (Wildman–Crippen LogP) is 4.75. The Hall–Kier alpha value is -3.32. The molecule has 4 nitrogen and oxygen atoms in total. The van der Waals surface area contributed by atoms with E-state index in [4.69, 9.17) is 0 Å². The fourth-order valence-electron chi connectivity index (χ4n) is 3.70.